The summed E-state index contributed by atoms with van der Waals surface area (Å²) >= 11 is 2.73. The maximum atomic E-state index is 2.73. The minimum absolute atomic E-state index is 1.08. The van der Waals surface area contributed by atoms with Gasteiger partial charge in [-0.3, -0.25) is 0 Å². The van der Waals surface area contributed by atoms with Crippen molar-refractivity contribution in [2.75, 3.05) is 18.0 Å². The molecule has 1 aliphatic heterocycles. The number of benzene rings is 4. The van der Waals surface area contributed by atoms with Crippen molar-refractivity contribution in [3.63, 3.8) is 0 Å². The van der Waals surface area contributed by atoms with E-state index in [-0.39, 0.29) is 0 Å². The molecule has 4 aromatic carbocycles. The van der Waals surface area contributed by atoms with E-state index in [1.807, 2.05) is 0 Å². The van der Waals surface area contributed by atoms with Crippen LogP contribution in [0, 0.1) is 0 Å². The molecular formula is C30H29INP. The van der Waals surface area contributed by atoms with Crippen molar-refractivity contribution in [2.45, 2.75) is 12.8 Å². The van der Waals surface area contributed by atoms with E-state index in [9.17, 15) is 0 Å². The summed E-state index contributed by atoms with van der Waals surface area (Å²) in [7, 11) is -2.37. The van der Waals surface area contributed by atoms with Crippen LogP contribution in [0.5, 0.6) is 0 Å². The maximum absolute atomic E-state index is 2.73. The molecule has 1 aliphatic rings. The van der Waals surface area contributed by atoms with Crippen LogP contribution in [0.1, 0.15) is 12.8 Å². The van der Waals surface area contributed by atoms with Gasteiger partial charge in [-0.25, -0.2) is 0 Å². The van der Waals surface area contributed by atoms with Crippen LogP contribution in [0.15, 0.2) is 130 Å². The molecule has 5 rings (SSSR count). The first kappa shape index (κ1) is 22.4. The number of piperidine rings is 1. The molecule has 4 aromatic rings. The van der Waals surface area contributed by atoms with Crippen molar-refractivity contribution < 1.29 is 0 Å². The third-order valence-electron chi connectivity index (χ3n) is 6.75. The molecule has 1 saturated heterocycles. The Balaban J connectivity index is 1.65. The van der Waals surface area contributed by atoms with E-state index in [1.54, 1.807) is 8.89 Å². The molecule has 0 saturated carbocycles. The van der Waals surface area contributed by atoms with Crippen molar-refractivity contribution >= 4 is 51.5 Å². The number of rotatable bonds is 5. The summed E-state index contributed by atoms with van der Waals surface area (Å²) in [6.45, 7) is 2.16. The normalized spacial score (nSPS) is 14.7. The number of anilines is 1. The van der Waals surface area contributed by atoms with Gasteiger partial charge in [-0.05, 0) is 0 Å². The van der Waals surface area contributed by atoms with Crippen molar-refractivity contribution in [3.8, 4) is 0 Å². The fourth-order valence-corrected chi connectivity index (χ4v) is 13.1. The van der Waals surface area contributed by atoms with E-state index in [1.165, 1.54) is 21.6 Å². The number of hydrogen-bond donors (Lipinski definition) is 0. The summed E-state index contributed by atoms with van der Waals surface area (Å²) in [5.41, 5.74) is 2.97. The number of hydrogen-bond acceptors (Lipinski definition) is 1. The van der Waals surface area contributed by atoms with Gasteiger partial charge in [-0.1, -0.05) is 0 Å². The summed E-state index contributed by atoms with van der Waals surface area (Å²) in [5, 5.41) is 4.39. The van der Waals surface area contributed by atoms with Crippen molar-refractivity contribution in [3.05, 3.63) is 130 Å². The van der Waals surface area contributed by atoms with Crippen LogP contribution in [0.4, 0.5) is 5.69 Å². The van der Waals surface area contributed by atoms with Gasteiger partial charge in [0, 0.05) is 0 Å². The summed E-state index contributed by atoms with van der Waals surface area (Å²) < 4.78 is 1.58. The zero-order chi connectivity index (χ0) is 22.5. The monoisotopic (exact) mass is 561 g/mol. The molecule has 1 fully saturated rings. The Kier molecular flexibility index (Phi) is 6.94. The number of nitrogens with zero attached hydrogens (tertiary/aromatic N) is 1. The van der Waals surface area contributed by atoms with Crippen molar-refractivity contribution in [2.24, 2.45) is 0 Å². The van der Waals surface area contributed by atoms with Gasteiger partial charge in [0.05, 0.1) is 0 Å². The fraction of sp³-hybridized carbons (Fsp3) is 0.133. The first-order chi connectivity index (χ1) is 16.3. The third-order valence-corrected chi connectivity index (χ3v) is 14.5. The van der Waals surface area contributed by atoms with E-state index in [0.717, 1.165) is 25.9 Å². The Morgan fingerprint density at radius 3 is 1.30 bits per heavy atom. The number of halogens is 1. The van der Waals surface area contributed by atoms with E-state index >= 15 is 0 Å². The molecule has 1 nitrogen and oxygen atoms in total. The zero-order valence-electron chi connectivity index (χ0n) is 18.7. The topological polar surface area (TPSA) is 3.24 Å². The average molecular weight is 561 g/mol. The van der Waals surface area contributed by atoms with Gasteiger partial charge < -0.3 is 0 Å². The predicted octanol–water partition coefficient (Wildman–Crippen LogP) is 6.66. The Bertz CT molecular complexity index is 1100. The second-order valence-corrected chi connectivity index (χ2v) is 14.4. The van der Waals surface area contributed by atoms with Crippen LogP contribution >= 0.6 is 29.9 Å². The minimum atomic E-state index is -2.37. The van der Waals surface area contributed by atoms with Gasteiger partial charge in [0.2, 0.25) is 0 Å². The molecule has 0 spiro atoms. The van der Waals surface area contributed by atoms with E-state index < -0.39 is 7.26 Å². The molecule has 0 aromatic heterocycles. The van der Waals surface area contributed by atoms with Crippen LogP contribution in [-0.2, 0) is 0 Å². The molecule has 3 heteroatoms. The van der Waals surface area contributed by atoms with Gasteiger partial charge in [-0.15, -0.1) is 0 Å². The summed E-state index contributed by atoms with van der Waals surface area (Å²) in [6, 6.07) is 44.6. The molecule has 166 valence electrons. The van der Waals surface area contributed by atoms with Crippen molar-refractivity contribution in [1.29, 1.82) is 0 Å². The summed E-state index contributed by atoms with van der Waals surface area (Å²) in [4.78, 5) is 2.53. The Hall–Kier alpha value is -2.42. The molecule has 0 unspecified atom stereocenters. The molecule has 0 radical (unpaired) electrons. The third kappa shape index (κ3) is 4.39. The van der Waals surface area contributed by atoms with Gasteiger partial charge in [-0.2, -0.15) is 0 Å². The molecule has 33 heavy (non-hydrogen) atoms. The first-order valence-electron chi connectivity index (χ1n) is 11.6. The Labute approximate surface area is 211 Å². The SMILES string of the molecule is IC(=C1CCN(c2ccccc2)CC1)[PH](c1ccccc1)(c1ccccc1)c1ccccc1. The van der Waals surface area contributed by atoms with Crippen LogP contribution in [0.3, 0.4) is 0 Å². The predicted molar refractivity (Wildman–Crippen MR) is 155 cm³/mol. The van der Waals surface area contributed by atoms with Crippen molar-refractivity contribution in [1.82, 2.24) is 0 Å². The van der Waals surface area contributed by atoms with E-state index in [2.05, 4.69) is 149 Å². The zero-order valence-corrected chi connectivity index (χ0v) is 21.9. The Morgan fingerprint density at radius 2 is 0.909 bits per heavy atom. The quantitative estimate of drug-likeness (QED) is 0.195. The van der Waals surface area contributed by atoms with Gasteiger partial charge in [0.1, 0.15) is 0 Å². The molecule has 0 atom stereocenters. The van der Waals surface area contributed by atoms with Crippen LogP contribution in [-0.4, -0.2) is 13.1 Å². The molecule has 0 amide bonds. The summed E-state index contributed by atoms with van der Waals surface area (Å²) in [6.07, 6.45) is 2.24. The second-order valence-electron chi connectivity index (χ2n) is 8.59. The van der Waals surface area contributed by atoms with Gasteiger partial charge in [0.25, 0.3) is 0 Å². The second kappa shape index (κ2) is 10.2. The molecule has 1 heterocycles. The van der Waals surface area contributed by atoms with Crippen LogP contribution in [0.2, 0.25) is 0 Å². The average Bonchev–Trinajstić information content (AvgIpc) is 2.91. The first-order valence-corrected chi connectivity index (χ1v) is 14.7. The molecule has 0 N–H and O–H groups in total. The molecule has 0 aliphatic carbocycles. The fourth-order valence-electron chi connectivity index (χ4n) is 5.10. The molecular weight excluding hydrogens is 532 g/mol. The van der Waals surface area contributed by atoms with Gasteiger partial charge >= 0.3 is 213 Å². The molecule has 0 bridgehead atoms. The number of para-hydroxylation sites is 1. The summed E-state index contributed by atoms with van der Waals surface area (Å²) in [5.74, 6) is 0. The standard InChI is InChI=1S/C30H29INP/c31-30(25-21-23-32(24-22-25)26-13-5-1-6-14-26)33(27-15-7-2-8-16-27,28-17-9-3-10-18-28)29-19-11-4-12-20-29/h1-20,33H,21-24H2. The Morgan fingerprint density at radius 1 is 0.545 bits per heavy atom. The van der Waals surface area contributed by atoms with E-state index in [0.29, 0.717) is 0 Å². The van der Waals surface area contributed by atoms with E-state index in [4.69, 9.17) is 0 Å². The van der Waals surface area contributed by atoms with Gasteiger partial charge in [0.15, 0.2) is 0 Å². The van der Waals surface area contributed by atoms with Crippen LogP contribution < -0.4 is 20.8 Å². The van der Waals surface area contributed by atoms with Crippen LogP contribution in [0.25, 0.3) is 0 Å².